The first-order chi connectivity index (χ1) is 13.5. The summed E-state index contributed by atoms with van der Waals surface area (Å²) in [5, 5.41) is 24.6. The van der Waals surface area contributed by atoms with Crippen molar-refractivity contribution in [1.29, 1.82) is 5.26 Å². The molecule has 2 atom stereocenters. The van der Waals surface area contributed by atoms with Crippen LogP contribution >= 0.6 is 0 Å². The van der Waals surface area contributed by atoms with Crippen LogP contribution in [0.25, 0.3) is 10.9 Å². The maximum atomic E-state index is 11.0. The van der Waals surface area contributed by atoms with Gasteiger partial charge in [-0.25, -0.2) is 4.98 Å². The summed E-state index contributed by atoms with van der Waals surface area (Å²) >= 11 is 0. The van der Waals surface area contributed by atoms with Gasteiger partial charge in [-0.05, 0) is 56.6 Å². The molecule has 1 aliphatic rings. The van der Waals surface area contributed by atoms with Gasteiger partial charge in [0.15, 0.2) is 0 Å². The summed E-state index contributed by atoms with van der Waals surface area (Å²) in [6, 6.07) is 19.4. The molecule has 1 aromatic heterocycles. The Morgan fingerprint density at radius 2 is 1.93 bits per heavy atom. The number of fused-ring (bicyclic) bond motifs is 3. The zero-order valence-electron chi connectivity index (χ0n) is 16.0. The molecule has 5 heteroatoms. The van der Waals surface area contributed by atoms with Crippen LogP contribution in [0.1, 0.15) is 36.7 Å². The van der Waals surface area contributed by atoms with Crippen molar-refractivity contribution in [3.05, 3.63) is 71.4 Å². The number of hydrogen-bond donors (Lipinski definition) is 2. The van der Waals surface area contributed by atoms with Gasteiger partial charge in [0, 0.05) is 10.9 Å². The van der Waals surface area contributed by atoms with Crippen molar-refractivity contribution in [3.63, 3.8) is 0 Å². The lowest BCUT2D eigenvalue weighted by Gasteiger charge is -2.43. The number of nitrogens with zero attached hydrogens (tertiary/aromatic N) is 2. The summed E-state index contributed by atoms with van der Waals surface area (Å²) in [6.07, 6.45) is 0.138. The van der Waals surface area contributed by atoms with E-state index in [-0.39, 0.29) is 6.04 Å². The molecule has 4 rings (SSSR count). The average Bonchev–Trinajstić information content (AvgIpc) is 2.70. The number of benzene rings is 2. The van der Waals surface area contributed by atoms with Gasteiger partial charge in [-0.2, -0.15) is 5.26 Å². The van der Waals surface area contributed by atoms with Crippen LogP contribution in [0.2, 0.25) is 0 Å². The standard InChI is InChI=1S/C23H23N3O2/c1-23(2)22(27)21(25-13-12-15-6-4-3-5-7-15)20-17-9-8-16(14-24)26-18(17)10-11-19(20)28-23/h3-11,21-22,25,27H,12-13H2,1-2H3/t21-,22+/m1/s1. The van der Waals surface area contributed by atoms with Crippen molar-refractivity contribution in [1.82, 2.24) is 10.3 Å². The van der Waals surface area contributed by atoms with Gasteiger partial charge in [0.2, 0.25) is 0 Å². The molecule has 0 spiro atoms. The number of pyridine rings is 1. The zero-order chi connectivity index (χ0) is 19.7. The highest BCUT2D eigenvalue weighted by Crippen LogP contribution is 2.43. The quantitative estimate of drug-likeness (QED) is 0.732. The zero-order valence-corrected chi connectivity index (χ0v) is 16.0. The molecule has 0 unspecified atom stereocenters. The van der Waals surface area contributed by atoms with Gasteiger partial charge in [0.1, 0.15) is 29.2 Å². The molecule has 0 amide bonds. The third-order valence-electron chi connectivity index (χ3n) is 5.32. The molecule has 3 aromatic rings. The average molecular weight is 373 g/mol. The Kier molecular flexibility index (Phi) is 4.76. The summed E-state index contributed by atoms with van der Waals surface area (Å²) < 4.78 is 6.11. The summed E-state index contributed by atoms with van der Waals surface area (Å²) in [5.74, 6) is 0.742. The molecule has 0 bridgehead atoms. The molecule has 2 N–H and O–H groups in total. The minimum Gasteiger partial charge on any atom is -0.485 e. The van der Waals surface area contributed by atoms with Crippen LogP contribution in [0, 0.1) is 11.3 Å². The summed E-state index contributed by atoms with van der Waals surface area (Å²) in [5.41, 5.74) is 2.52. The number of ether oxygens (including phenoxy) is 1. The molecular weight excluding hydrogens is 350 g/mol. The molecule has 0 radical (unpaired) electrons. The van der Waals surface area contributed by atoms with Gasteiger partial charge < -0.3 is 15.2 Å². The van der Waals surface area contributed by atoms with Gasteiger partial charge in [-0.3, -0.25) is 0 Å². The predicted octanol–water partition coefficient (Wildman–Crippen LogP) is 3.51. The van der Waals surface area contributed by atoms with E-state index < -0.39 is 11.7 Å². The SMILES string of the molecule is CC1(C)Oc2ccc3nc(C#N)ccc3c2[C@@H](NCCc2ccccc2)[C@@H]1O. The number of aromatic nitrogens is 1. The molecule has 2 aromatic carbocycles. The molecule has 1 aliphatic heterocycles. The van der Waals surface area contributed by atoms with E-state index in [9.17, 15) is 5.11 Å². The number of nitriles is 1. The number of hydrogen-bond acceptors (Lipinski definition) is 5. The van der Waals surface area contributed by atoms with E-state index in [0.717, 1.165) is 35.2 Å². The van der Waals surface area contributed by atoms with Crippen molar-refractivity contribution < 1.29 is 9.84 Å². The van der Waals surface area contributed by atoms with Gasteiger partial charge in [0.25, 0.3) is 0 Å². The maximum Gasteiger partial charge on any atom is 0.141 e. The van der Waals surface area contributed by atoms with E-state index >= 15 is 0 Å². The number of nitrogens with one attached hydrogen (secondary N) is 1. The van der Waals surface area contributed by atoms with E-state index in [1.807, 2.05) is 50.2 Å². The number of rotatable bonds is 4. The van der Waals surface area contributed by atoms with Gasteiger partial charge in [-0.1, -0.05) is 30.3 Å². The fourth-order valence-electron chi connectivity index (χ4n) is 3.81. The largest absolute Gasteiger partial charge is 0.485 e. The molecule has 0 fully saturated rings. The molecular formula is C23H23N3O2. The van der Waals surface area contributed by atoms with Crippen molar-refractivity contribution in [2.24, 2.45) is 0 Å². The van der Waals surface area contributed by atoms with Crippen LogP contribution in [0.4, 0.5) is 0 Å². The Balaban J connectivity index is 1.70. The molecule has 142 valence electrons. The second kappa shape index (κ2) is 7.23. The Bertz CT molecular complexity index is 1040. The van der Waals surface area contributed by atoms with E-state index in [4.69, 9.17) is 10.00 Å². The van der Waals surface area contributed by atoms with E-state index in [1.165, 1.54) is 5.56 Å². The van der Waals surface area contributed by atoms with E-state index in [0.29, 0.717) is 5.69 Å². The van der Waals surface area contributed by atoms with E-state index in [1.54, 1.807) is 6.07 Å². The summed E-state index contributed by atoms with van der Waals surface area (Å²) in [4.78, 5) is 4.40. The smallest absolute Gasteiger partial charge is 0.141 e. The lowest BCUT2D eigenvalue weighted by Crippen LogP contribution is -2.52. The van der Waals surface area contributed by atoms with Crippen LogP contribution in [0.15, 0.2) is 54.6 Å². The Morgan fingerprint density at radius 1 is 1.14 bits per heavy atom. The van der Waals surface area contributed by atoms with Crippen LogP contribution in [-0.4, -0.2) is 28.3 Å². The van der Waals surface area contributed by atoms with Gasteiger partial charge in [0.05, 0.1) is 11.6 Å². The molecule has 0 saturated heterocycles. The van der Waals surface area contributed by atoms with Crippen LogP contribution < -0.4 is 10.1 Å². The second-order valence-electron chi connectivity index (χ2n) is 7.67. The third-order valence-corrected chi connectivity index (χ3v) is 5.32. The van der Waals surface area contributed by atoms with Crippen LogP contribution in [-0.2, 0) is 6.42 Å². The lowest BCUT2D eigenvalue weighted by atomic mass is 9.84. The van der Waals surface area contributed by atoms with Gasteiger partial charge >= 0.3 is 0 Å². The highest BCUT2D eigenvalue weighted by molar-refractivity contribution is 5.86. The van der Waals surface area contributed by atoms with Crippen molar-refractivity contribution in [3.8, 4) is 11.8 Å². The number of aliphatic hydroxyl groups is 1. The fourth-order valence-corrected chi connectivity index (χ4v) is 3.81. The molecule has 5 nitrogen and oxygen atoms in total. The third kappa shape index (κ3) is 3.33. The topological polar surface area (TPSA) is 78.2 Å². The molecule has 0 saturated carbocycles. The lowest BCUT2D eigenvalue weighted by molar-refractivity contribution is -0.0638. The first kappa shape index (κ1) is 18.4. The minimum absolute atomic E-state index is 0.291. The molecule has 2 heterocycles. The predicted molar refractivity (Wildman–Crippen MR) is 108 cm³/mol. The Labute approximate surface area is 164 Å². The normalized spacial score (nSPS) is 20.2. The second-order valence-corrected chi connectivity index (χ2v) is 7.67. The Morgan fingerprint density at radius 3 is 2.68 bits per heavy atom. The molecule has 0 aliphatic carbocycles. The summed E-state index contributed by atoms with van der Waals surface area (Å²) in [6.45, 7) is 4.52. The van der Waals surface area contributed by atoms with Gasteiger partial charge in [-0.15, -0.1) is 0 Å². The van der Waals surface area contributed by atoms with Crippen LogP contribution in [0.3, 0.4) is 0 Å². The first-order valence-electron chi connectivity index (χ1n) is 9.48. The van der Waals surface area contributed by atoms with Crippen molar-refractivity contribution in [2.75, 3.05) is 6.54 Å². The number of aliphatic hydroxyl groups excluding tert-OH is 1. The monoisotopic (exact) mass is 373 g/mol. The van der Waals surface area contributed by atoms with Crippen molar-refractivity contribution in [2.45, 2.75) is 38.0 Å². The van der Waals surface area contributed by atoms with Crippen LogP contribution in [0.5, 0.6) is 5.75 Å². The Hall–Kier alpha value is -2.94. The minimum atomic E-state index is -0.725. The molecule has 28 heavy (non-hydrogen) atoms. The fraction of sp³-hybridized carbons (Fsp3) is 0.304. The van der Waals surface area contributed by atoms with Crippen molar-refractivity contribution >= 4 is 10.9 Å². The first-order valence-corrected chi connectivity index (χ1v) is 9.48. The summed E-state index contributed by atoms with van der Waals surface area (Å²) in [7, 11) is 0. The van der Waals surface area contributed by atoms with E-state index in [2.05, 4.69) is 28.5 Å². The highest BCUT2D eigenvalue weighted by Gasteiger charge is 2.43. The maximum absolute atomic E-state index is 11.0. The highest BCUT2D eigenvalue weighted by atomic mass is 16.5.